The van der Waals surface area contributed by atoms with E-state index in [0.29, 0.717) is 12.4 Å². The van der Waals surface area contributed by atoms with Gasteiger partial charge in [-0.1, -0.05) is 32.9 Å². The highest BCUT2D eigenvalue weighted by Gasteiger charge is 2.18. The molecule has 0 radical (unpaired) electrons. The number of aromatic nitrogens is 1. The SMILES string of the molecule is CC(C)(C)c1nc(COc2cccc(CC(=O)O)c2)cs1. The molecule has 0 saturated heterocycles. The third-order valence-electron chi connectivity index (χ3n) is 2.83. The van der Waals surface area contributed by atoms with Gasteiger partial charge in [-0.05, 0) is 17.7 Å². The van der Waals surface area contributed by atoms with E-state index in [9.17, 15) is 4.79 Å². The lowest BCUT2D eigenvalue weighted by Crippen LogP contribution is -2.10. The summed E-state index contributed by atoms with van der Waals surface area (Å²) in [6.07, 6.45) is 0.00206. The Labute approximate surface area is 128 Å². The zero-order valence-electron chi connectivity index (χ0n) is 12.4. The van der Waals surface area contributed by atoms with E-state index in [0.717, 1.165) is 16.3 Å². The fourth-order valence-electron chi connectivity index (χ4n) is 1.79. The standard InChI is InChI=1S/C16H19NO3S/c1-16(2,3)15-17-12(10-21-15)9-20-13-6-4-5-11(7-13)8-14(18)19/h4-7,10H,8-9H2,1-3H3,(H,18,19). The lowest BCUT2D eigenvalue weighted by molar-refractivity contribution is -0.136. The van der Waals surface area contributed by atoms with Crippen LogP contribution in [0.2, 0.25) is 0 Å². The van der Waals surface area contributed by atoms with Gasteiger partial charge in [-0.15, -0.1) is 11.3 Å². The van der Waals surface area contributed by atoms with Gasteiger partial charge >= 0.3 is 5.97 Å². The van der Waals surface area contributed by atoms with E-state index < -0.39 is 5.97 Å². The van der Waals surface area contributed by atoms with Gasteiger partial charge in [-0.3, -0.25) is 4.79 Å². The number of hydrogen-bond donors (Lipinski definition) is 1. The molecule has 1 aromatic carbocycles. The van der Waals surface area contributed by atoms with Gasteiger partial charge in [0.15, 0.2) is 0 Å². The maximum atomic E-state index is 10.7. The van der Waals surface area contributed by atoms with Crippen LogP contribution in [0.4, 0.5) is 0 Å². The highest BCUT2D eigenvalue weighted by Crippen LogP contribution is 2.26. The van der Waals surface area contributed by atoms with E-state index in [2.05, 4.69) is 25.8 Å². The number of rotatable bonds is 5. The number of carbonyl (C=O) groups is 1. The molecule has 0 aliphatic heterocycles. The number of nitrogens with zero attached hydrogens (tertiary/aromatic N) is 1. The Morgan fingerprint density at radius 3 is 2.76 bits per heavy atom. The van der Waals surface area contributed by atoms with Crippen molar-refractivity contribution >= 4 is 17.3 Å². The molecule has 112 valence electrons. The summed E-state index contributed by atoms with van der Waals surface area (Å²) >= 11 is 1.63. The van der Waals surface area contributed by atoms with Crippen LogP contribution < -0.4 is 4.74 Å². The monoisotopic (exact) mass is 305 g/mol. The molecule has 0 spiro atoms. The Hall–Kier alpha value is -1.88. The van der Waals surface area contributed by atoms with Gasteiger partial charge in [0.2, 0.25) is 0 Å². The summed E-state index contributed by atoms with van der Waals surface area (Å²) in [7, 11) is 0. The average Bonchev–Trinajstić information content (AvgIpc) is 2.84. The van der Waals surface area contributed by atoms with Gasteiger partial charge in [-0.2, -0.15) is 0 Å². The molecular formula is C16H19NO3S. The maximum Gasteiger partial charge on any atom is 0.307 e. The normalized spacial score (nSPS) is 11.4. The minimum atomic E-state index is -0.846. The molecule has 1 aromatic heterocycles. The molecule has 4 nitrogen and oxygen atoms in total. The van der Waals surface area contributed by atoms with E-state index in [1.54, 1.807) is 29.5 Å². The topological polar surface area (TPSA) is 59.4 Å². The molecule has 1 heterocycles. The Balaban J connectivity index is 2.00. The van der Waals surface area contributed by atoms with Crippen molar-refractivity contribution in [3.63, 3.8) is 0 Å². The van der Waals surface area contributed by atoms with Crippen molar-refractivity contribution in [3.05, 3.63) is 45.9 Å². The first-order valence-corrected chi connectivity index (χ1v) is 7.61. The molecule has 2 aromatic rings. The smallest absolute Gasteiger partial charge is 0.307 e. The van der Waals surface area contributed by atoms with Crippen molar-refractivity contribution in [2.45, 2.75) is 39.2 Å². The lowest BCUT2D eigenvalue weighted by Gasteiger charge is -2.13. The van der Waals surface area contributed by atoms with E-state index in [1.807, 2.05) is 11.4 Å². The zero-order valence-corrected chi connectivity index (χ0v) is 13.2. The van der Waals surface area contributed by atoms with Gasteiger partial charge in [-0.25, -0.2) is 4.98 Å². The van der Waals surface area contributed by atoms with Crippen molar-refractivity contribution in [1.29, 1.82) is 0 Å². The van der Waals surface area contributed by atoms with E-state index in [4.69, 9.17) is 9.84 Å². The van der Waals surface area contributed by atoms with Crippen molar-refractivity contribution < 1.29 is 14.6 Å². The molecule has 0 atom stereocenters. The predicted molar refractivity (Wildman–Crippen MR) is 82.9 cm³/mol. The van der Waals surface area contributed by atoms with Gasteiger partial charge in [0.05, 0.1) is 17.1 Å². The third kappa shape index (κ3) is 4.56. The molecule has 0 amide bonds. The van der Waals surface area contributed by atoms with Crippen LogP contribution >= 0.6 is 11.3 Å². The zero-order chi connectivity index (χ0) is 15.5. The van der Waals surface area contributed by atoms with Crippen LogP contribution in [0.5, 0.6) is 5.75 Å². The lowest BCUT2D eigenvalue weighted by atomic mass is 9.98. The Morgan fingerprint density at radius 2 is 2.14 bits per heavy atom. The Morgan fingerprint density at radius 1 is 1.38 bits per heavy atom. The number of carboxylic acids is 1. The molecule has 0 fully saturated rings. The second-order valence-electron chi connectivity index (χ2n) is 5.90. The molecule has 0 unspecified atom stereocenters. The molecular weight excluding hydrogens is 286 g/mol. The van der Waals surface area contributed by atoms with Crippen molar-refractivity contribution in [2.75, 3.05) is 0 Å². The largest absolute Gasteiger partial charge is 0.487 e. The average molecular weight is 305 g/mol. The van der Waals surface area contributed by atoms with Crippen LogP contribution in [0.1, 0.15) is 37.0 Å². The fourth-order valence-corrected chi connectivity index (χ4v) is 2.69. The number of benzene rings is 1. The highest BCUT2D eigenvalue weighted by molar-refractivity contribution is 7.09. The van der Waals surface area contributed by atoms with Crippen molar-refractivity contribution in [3.8, 4) is 5.75 Å². The Kier molecular flexibility index (Phi) is 4.63. The fraction of sp³-hybridized carbons (Fsp3) is 0.375. The molecule has 21 heavy (non-hydrogen) atoms. The van der Waals surface area contributed by atoms with Crippen LogP contribution in [0.25, 0.3) is 0 Å². The second kappa shape index (κ2) is 6.26. The van der Waals surface area contributed by atoms with Crippen LogP contribution in [-0.4, -0.2) is 16.1 Å². The number of thiazole rings is 1. The molecule has 5 heteroatoms. The van der Waals surface area contributed by atoms with E-state index in [-0.39, 0.29) is 11.8 Å². The number of carboxylic acid groups (broad SMARTS) is 1. The summed E-state index contributed by atoms with van der Waals surface area (Å²) in [6, 6.07) is 7.16. The van der Waals surface area contributed by atoms with E-state index >= 15 is 0 Å². The first-order chi connectivity index (χ1) is 9.84. The van der Waals surface area contributed by atoms with Gasteiger partial charge in [0, 0.05) is 10.8 Å². The van der Waals surface area contributed by atoms with Gasteiger partial charge in [0.25, 0.3) is 0 Å². The molecule has 0 bridgehead atoms. The van der Waals surface area contributed by atoms with Crippen LogP contribution in [-0.2, 0) is 23.2 Å². The molecule has 1 N–H and O–H groups in total. The maximum absolute atomic E-state index is 10.7. The van der Waals surface area contributed by atoms with E-state index in [1.165, 1.54) is 0 Å². The molecule has 0 aliphatic rings. The quantitative estimate of drug-likeness (QED) is 0.916. The number of ether oxygens (including phenoxy) is 1. The van der Waals surface area contributed by atoms with Crippen LogP contribution in [0.15, 0.2) is 29.6 Å². The molecule has 2 rings (SSSR count). The summed E-state index contributed by atoms with van der Waals surface area (Å²) in [4.78, 5) is 15.3. The first-order valence-electron chi connectivity index (χ1n) is 6.73. The molecule has 0 aliphatic carbocycles. The summed E-state index contributed by atoms with van der Waals surface area (Å²) in [5.41, 5.74) is 1.67. The first kappa shape index (κ1) is 15.5. The molecule has 0 saturated carbocycles. The Bertz CT molecular complexity index is 628. The van der Waals surface area contributed by atoms with Gasteiger partial charge < -0.3 is 9.84 Å². The predicted octanol–water partition coefficient (Wildman–Crippen LogP) is 3.65. The summed E-state index contributed by atoms with van der Waals surface area (Å²) < 4.78 is 5.69. The van der Waals surface area contributed by atoms with Crippen LogP contribution in [0, 0.1) is 0 Å². The minimum absolute atomic E-state index is 0.00206. The van der Waals surface area contributed by atoms with Crippen LogP contribution in [0.3, 0.4) is 0 Å². The minimum Gasteiger partial charge on any atom is -0.487 e. The summed E-state index contributed by atoms with van der Waals surface area (Å²) in [5, 5.41) is 11.9. The van der Waals surface area contributed by atoms with Crippen molar-refractivity contribution in [1.82, 2.24) is 4.98 Å². The number of hydrogen-bond acceptors (Lipinski definition) is 4. The van der Waals surface area contributed by atoms with Crippen molar-refractivity contribution in [2.24, 2.45) is 0 Å². The van der Waals surface area contributed by atoms with Gasteiger partial charge in [0.1, 0.15) is 12.4 Å². The summed E-state index contributed by atoms with van der Waals surface area (Å²) in [5.74, 6) is -0.180. The highest BCUT2D eigenvalue weighted by atomic mass is 32.1. The second-order valence-corrected chi connectivity index (χ2v) is 6.76. The third-order valence-corrected chi connectivity index (χ3v) is 4.15. The number of aliphatic carboxylic acids is 1. The summed E-state index contributed by atoms with van der Waals surface area (Å²) in [6.45, 7) is 6.78.